The molecule has 0 unspecified atom stereocenters. The van der Waals surface area contributed by atoms with E-state index in [1.807, 2.05) is 17.9 Å². The fourth-order valence-corrected chi connectivity index (χ4v) is 4.62. The molecule has 8 nitrogen and oxygen atoms in total. The molecule has 2 aliphatic heterocycles. The number of aromatic hydroxyl groups is 1. The Balaban J connectivity index is 1.56. The largest absolute Gasteiger partial charge is 0.508 e. The summed E-state index contributed by atoms with van der Waals surface area (Å²) in [4.78, 5) is 13.6. The van der Waals surface area contributed by atoms with E-state index < -0.39 is 5.60 Å². The highest BCUT2D eigenvalue weighted by Gasteiger charge is 2.42. The number of hydrogen-bond acceptors (Lipinski definition) is 6. The number of rotatable bonds is 3. The lowest BCUT2D eigenvalue weighted by Crippen LogP contribution is -2.52. The molecule has 2 aromatic rings. The van der Waals surface area contributed by atoms with Crippen molar-refractivity contribution in [3.63, 3.8) is 0 Å². The standard InChI is InChI=1S/C24H27ClN4O4S/c1-14-10-19(22(32-3)12-18(14)25)26-23(34)28-27-20-13-24(6-8-29(9-7-24)15(2)30)33-21-5-4-16(31)11-17(20)21/h4-5,10-12,31H,6-9,13H2,1-3H3,(H2,26,28,34)/b27-20-. The molecule has 0 aliphatic carbocycles. The van der Waals surface area contributed by atoms with Gasteiger partial charge in [0.1, 0.15) is 22.8 Å². The van der Waals surface area contributed by atoms with Gasteiger partial charge in [0.25, 0.3) is 0 Å². The maximum absolute atomic E-state index is 11.8. The maximum Gasteiger partial charge on any atom is 0.219 e. The van der Waals surface area contributed by atoms with Crippen molar-refractivity contribution in [2.75, 3.05) is 25.5 Å². The molecule has 1 fully saturated rings. The van der Waals surface area contributed by atoms with Crippen molar-refractivity contribution in [3.05, 3.63) is 46.5 Å². The number of nitrogens with one attached hydrogen (secondary N) is 2. The summed E-state index contributed by atoms with van der Waals surface area (Å²) in [5.74, 6) is 1.40. The summed E-state index contributed by atoms with van der Waals surface area (Å²) in [5.41, 5.74) is 5.41. The molecule has 180 valence electrons. The quantitative estimate of drug-likeness (QED) is 0.427. The van der Waals surface area contributed by atoms with E-state index in [4.69, 9.17) is 33.3 Å². The number of anilines is 1. The molecule has 1 amide bonds. The highest BCUT2D eigenvalue weighted by atomic mass is 35.5. The van der Waals surface area contributed by atoms with Crippen LogP contribution in [0.2, 0.25) is 5.02 Å². The number of aryl methyl sites for hydroxylation is 1. The Labute approximate surface area is 208 Å². The first-order chi connectivity index (χ1) is 16.2. The third-order valence-corrected chi connectivity index (χ3v) is 6.83. The van der Waals surface area contributed by atoms with Gasteiger partial charge in [-0.15, -0.1) is 0 Å². The first-order valence-corrected chi connectivity index (χ1v) is 11.7. The van der Waals surface area contributed by atoms with E-state index in [2.05, 4.69) is 15.8 Å². The lowest BCUT2D eigenvalue weighted by Gasteiger charge is -2.44. The minimum absolute atomic E-state index is 0.0656. The van der Waals surface area contributed by atoms with Crippen LogP contribution in [0.3, 0.4) is 0 Å². The molecule has 10 heteroatoms. The van der Waals surface area contributed by atoms with E-state index in [9.17, 15) is 9.90 Å². The number of nitrogens with zero attached hydrogens (tertiary/aromatic N) is 2. The van der Waals surface area contributed by atoms with Crippen molar-refractivity contribution in [3.8, 4) is 17.2 Å². The summed E-state index contributed by atoms with van der Waals surface area (Å²) >= 11 is 11.7. The molecule has 3 N–H and O–H groups in total. The van der Waals surface area contributed by atoms with Gasteiger partial charge in [0.2, 0.25) is 5.91 Å². The Kier molecular flexibility index (Phi) is 6.86. The number of phenolic OH excluding ortho intramolecular Hbond substituents is 1. The number of amides is 1. The highest BCUT2D eigenvalue weighted by Crippen LogP contribution is 2.40. The molecule has 0 saturated carbocycles. The number of carbonyl (C=O) groups is 1. The third-order valence-electron chi connectivity index (χ3n) is 6.23. The Bertz CT molecular complexity index is 1160. The zero-order valence-corrected chi connectivity index (χ0v) is 20.8. The number of fused-ring (bicyclic) bond motifs is 1. The monoisotopic (exact) mass is 502 g/mol. The summed E-state index contributed by atoms with van der Waals surface area (Å²) in [6, 6.07) is 8.55. The van der Waals surface area contributed by atoms with Crippen LogP contribution >= 0.6 is 23.8 Å². The number of carbonyl (C=O) groups excluding carboxylic acids is 1. The van der Waals surface area contributed by atoms with Crippen LogP contribution in [0.4, 0.5) is 5.69 Å². The van der Waals surface area contributed by atoms with Crippen LogP contribution in [-0.2, 0) is 4.79 Å². The number of hydrazone groups is 1. The Morgan fingerprint density at radius 1 is 1.29 bits per heavy atom. The van der Waals surface area contributed by atoms with E-state index in [0.717, 1.165) is 11.3 Å². The number of benzene rings is 2. The predicted octanol–water partition coefficient (Wildman–Crippen LogP) is 4.22. The van der Waals surface area contributed by atoms with Gasteiger partial charge in [0.05, 0.1) is 18.5 Å². The van der Waals surface area contributed by atoms with E-state index in [1.54, 1.807) is 38.3 Å². The Hall–Kier alpha value is -3.04. The molecule has 2 aromatic carbocycles. The SMILES string of the molecule is COc1cc(Cl)c(C)cc1NC(=S)N/N=C1/CC2(CCN(C(C)=O)CC2)Oc2ccc(O)cc21. The smallest absolute Gasteiger partial charge is 0.219 e. The van der Waals surface area contributed by atoms with E-state index >= 15 is 0 Å². The lowest BCUT2D eigenvalue weighted by molar-refractivity contribution is -0.132. The first kappa shape index (κ1) is 24.1. The Morgan fingerprint density at radius 3 is 2.71 bits per heavy atom. The fraction of sp³-hybridized carbons (Fsp3) is 0.375. The van der Waals surface area contributed by atoms with E-state index in [0.29, 0.717) is 60.1 Å². The molecule has 2 heterocycles. The molecule has 1 spiro atoms. The Morgan fingerprint density at radius 2 is 2.03 bits per heavy atom. The zero-order chi connectivity index (χ0) is 24.5. The van der Waals surface area contributed by atoms with Crippen molar-refractivity contribution in [1.29, 1.82) is 0 Å². The van der Waals surface area contributed by atoms with Crippen LogP contribution in [0, 0.1) is 6.92 Å². The summed E-state index contributed by atoms with van der Waals surface area (Å²) in [6.45, 7) is 4.73. The molecule has 1 saturated heterocycles. The highest BCUT2D eigenvalue weighted by molar-refractivity contribution is 7.80. The summed E-state index contributed by atoms with van der Waals surface area (Å²) < 4.78 is 11.8. The molecule has 2 aliphatic rings. The molecule has 0 aromatic heterocycles. The second-order valence-electron chi connectivity index (χ2n) is 8.57. The fourth-order valence-electron chi connectivity index (χ4n) is 4.31. The average molecular weight is 503 g/mol. The minimum Gasteiger partial charge on any atom is -0.508 e. The van der Waals surface area contributed by atoms with Gasteiger partial charge in [-0.2, -0.15) is 5.10 Å². The number of phenols is 1. The predicted molar refractivity (Wildman–Crippen MR) is 136 cm³/mol. The van der Waals surface area contributed by atoms with Gasteiger partial charge in [0.15, 0.2) is 5.11 Å². The molecule has 0 radical (unpaired) electrons. The van der Waals surface area contributed by atoms with Crippen molar-refractivity contribution < 1.29 is 19.4 Å². The number of thiocarbonyl (C=S) groups is 1. The van der Waals surface area contributed by atoms with Crippen LogP contribution in [-0.4, -0.2) is 52.5 Å². The number of ether oxygens (including phenoxy) is 2. The van der Waals surface area contributed by atoms with Crippen molar-refractivity contribution in [2.24, 2.45) is 5.10 Å². The van der Waals surface area contributed by atoms with Gasteiger partial charge in [0, 0.05) is 55.9 Å². The van der Waals surface area contributed by atoms with Crippen LogP contribution < -0.4 is 20.2 Å². The van der Waals surface area contributed by atoms with Crippen LogP contribution in [0.5, 0.6) is 17.2 Å². The van der Waals surface area contributed by atoms with Crippen LogP contribution in [0.1, 0.15) is 37.3 Å². The van der Waals surface area contributed by atoms with Gasteiger partial charge < -0.3 is 24.8 Å². The number of hydrogen-bond donors (Lipinski definition) is 3. The normalized spacial score (nSPS) is 17.6. The van der Waals surface area contributed by atoms with Crippen LogP contribution in [0.25, 0.3) is 0 Å². The number of piperidine rings is 1. The zero-order valence-electron chi connectivity index (χ0n) is 19.3. The average Bonchev–Trinajstić information content (AvgIpc) is 2.80. The molecular formula is C24H27ClN4O4S. The maximum atomic E-state index is 11.8. The molecular weight excluding hydrogens is 476 g/mol. The second-order valence-corrected chi connectivity index (χ2v) is 9.39. The second kappa shape index (κ2) is 9.68. The van der Waals surface area contributed by atoms with E-state index in [-0.39, 0.29) is 16.8 Å². The minimum atomic E-state index is -0.470. The number of likely N-dealkylation sites (tertiary alicyclic amines) is 1. The van der Waals surface area contributed by atoms with Gasteiger partial charge in [-0.3, -0.25) is 10.2 Å². The van der Waals surface area contributed by atoms with Crippen molar-refractivity contribution in [2.45, 2.75) is 38.7 Å². The molecule has 0 bridgehead atoms. The topological polar surface area (TPSA) is 95.4 Å². The molecule has 4 rings (SSSR count). The van der Waals surface area contributed by atoms with E-state index in [1.165, 1.54) is 0 Å². The number of halogens is 1. The van der Waals surface area contributed by atoms with Crippen LogP contribution in [0.15, 0.2) is 35.4 Å². The summed E-state index contributed by atoms with van der Waals surface area (Å²) in [5, 5.41) is 18.6. The lowest BCUT2D eigenvalue weighted by atomic mass is 9.82. The third kappa shape index (κ3) is 5.05. The van der Waals surface area contributed by atoms with Gasteiger partial charge in [-0.05, 0) is 49.0 Å². The number of methoxy groups -OCH3 is 1. The molecule has 0 atom stereocenters. The van der Waals surface area contributed by atoms with Gasteiger partial charge in [-0.25, -0.2) is 0 Å². The van der Waals surface area contributed by atoms with Gasteiger partial charge in [-0.1, -0.05) is 11.6 Å². The summed E-state index contributed by atoms with van der Waals surface area (Å²) in [6.07, 6.45) is 1.90. The first-order valence-electron chi connectivity index (χ1n) is 11.0. The molecule has 34 heavy (non-hydrogen) atoms. The summed E-state index contributed by atoms with van der Waals surface area (Å²) in [7, 11) is 1.56. The van der Waals surface area contributed by atoms with Crippen molar-refractivity contribution >= 4 is 46.2 Å². The van der Waals surface area contributed by atoms with Gasteiger partial charge >= 0.3 is 0 Å². The van der Waals surface area contributed by atoms with Crippen molar-refractivity contribution in [1.82, 2.24) is 10.3 Å².